The average Bonchev–Trinajstić information content (AvgIpc) is 3.03. The van der Waals surface area contributed by atoms with E-state index in [1.54, 1.807) is 37.3 Å². The van der Waals surface area contributed by atoms with Crippen molar-refractivity contribution >= 4 is 62.8 Å². The maximum absolute atomic E-state index is 11.7. The second kappa shape index (κ2) is 10.1. The summed E-state index contributed by atoms with van der Waals surface area (Å²) in [4.78, 5) is 23.5. The van der Waals surface area contributed by atoms with Crippen LogP contribution in [-0.2, 0) is 9.59 Å². The number of carbonyl (C=O) groups is 2. The van der Waals surface area contributed by atoms with Crippen LogP contribution in [0.25, 0.3) is 6.08 Å². The summed E-state index contributed by atoms with van der Waals surface area (Å²) < 4.78 is 11.4. The number of halogens is 2. The molecular formula is C17H15BrClN3O4S. The van der Waals surface area contributed by atoms with Gasteiger partial charge in [0.05, 0.1) is 5.02 Å². The number of hydrogen-bond acceptors (Lipinski definition) is 5. The Labute approximate surface area is 174 Å². The van der Waals surface area contributed by atoms with Gasteiger partial charge in [-0.25, -0.2) is 0 Å². The summed E-state index contributed by atoms with van der Waals surface area (Å²) in [6, 6.07) is 8.52. The SMILES string of the molecule is Cc1ccc(/C=C/C(=O)NC(=S)NNC(=O)COc2ccc(Br)cc2Cl)o1. The molecule has 0 aliphatic heterocycles. The van der Waals surface area contributed by atoms with Crippen LogP contribution >= 0.6 is 39.7 Å². The molecule has 0 saturated heterocycles. The number of hydrogen-bond donors (Lipinski definition) is 3. The van der Waals surface area contributed by atoms with Crippen LogP contribution in [-0.4, -0.2) is 23.5 Å². The van der Waals surface area contributed by atoms with Crippen molar-refractivity contribution in [3.8, 4) is 5.75 Å². The first-order valence-electron chi connectivity index (χ1n) is 7.55. The third kappa shape index (κ3) is 7.41. The molecule has 0 radical (unpaired) electrons. The highest BCUT2D eigenvalue weighted by Crippen LogP contribution is 2.27. The molecule has 0 spiro atoms. The number of nitrogens with one attached hydrogen (secondary N) is 3. The second-order valence-corrected chi connectivity index (χ2v) is 6.87. The molecule has 10 heteroatoms. The molecule has 142 valence electrons. The third-order valence-corrected chi connectivity index (χ3v) is 3.96. The number of thiocarbonyl (C=S) groups is 1. The molecule has 0 aliphatic rings. The Morgan fingerprint density at radius 3 is 2.74 bits per heavy atom. The zero-order valence-corrected chi connectivity index (χ0v) is 17.2. The van der Waals surface area contributed by atoms with E-state index in [1.807, 2.05) is 0 Å². The van der Waals surface area contributed by atoms with Gasteiger partial charge >= 0.3 is 0 Å². The topological polar surface area (TPSA) is 92.6 Å². The lowest BCUT2D eigenvalue weighted by atomic mass is 10.3. The largest absolute Gasteiger partial charge is 0.482 e. The van der Waals surface area contributed by atoms with E-state index < -0.39 is 11.8 Å². The summed E-state index contributed by atoms with van der Waals surface area (Å²) in [7, 11) is 0. The van der Waals surface area contributed by atoms with Crippen LogP contribution in [0.2, 0.25) is 5.02 Å². The van der Waals surface area contributed by atoms with Crippen molar-refractivity contribution in [1.29, 1.82) is 0 Å². The van der Waals surface area contributed by atoms with Gasteiger partial charge in [-0.1, -0.05) is 27.5 Å². The molecule has 2 aromatic rings. The first-order valence-corrected chi connectivity index (χ1v) is 9.13. The Morgan fingerprint density at radius 2 is 2.07 bits per heavy atom. The van der Waals surface area contributed by atoms with Gasteiger partial charge in [-0.15, -0.1) is 0 Å². The quantitative estimate of drug-likeness (QED) is 0.352. The number of hydrazine groups is 1. The molecule has 2 rings (SSSR count). The number of furan rings is 1. The van der Waals surface area contributed by atoms with E-state index in [4.69, 9.17) is 33.0 Å². The molecule has 3 N–H and O–H groups in total. The van der Waals surface area contributed by atoms with Crippen LogP contribution in [0, 0.1) is 6.92 Å². The van der Waals surface area contributed by atoms with E-state index in [9.17, 15) is 9.59 Å². The monoisotopic (exact) mass is 471 g/mol. The lowest BCUT2D eigenvalue weighted by molar-refractivity contribution is -0.123. The highest BCUT2D eigenvalue weighted by Gasteiger charge is 2.07. The number of aryl methyl sites for hydroxylation is 1. The summed E-state index contributed by atoms with van der Waals surface area (Å²) >= 11 is 14.2. The van der Waals surface area contributed by atoms with Crippen LogP contribution in [0.1, 0.15) is 11.5 Å². The van der Waals surface area contributed by atoms with Gasteiger partial charge in [0.25, 0.3) is 5.91 Å². The van der Waals surface area contributed by atoms with E-state index in [0.29, 0.717) is 16.5 Å². The molecule has 1 heterocycles. The van der Waals surface area contributed by atoms with Crippen molar-refractivity contribution in [3.05, 3.63) is 57.4 Å². The maximum Gasteiger partial charge on any atom is 0.276 e. The highest BCUT2D eigenvalue weighted by molar-refractivity contribution is 9.10. The zero-order valence-electron chi connectivity index (χ0n) is 14.0. The first kappa shape index (κ1) is 20.9. The van der Waals surface area contributed by atoms with Gasteiger partial charge in [-0.3, -0.25) is 25.8 Å². The Balaban J connectivity index is 1.70. The Bertz CT molecular complexity index is 885. The minimum atomic E-state index is -0.507. The molecule has 0 atom stereocenters. The predicted molar refractivity (Wildman–Crippen MR) is 109 cm³/mol. The molecule has 0 fully saturated rings. The van der Waals surface area contributed by atoms with E-state index in [-0.39, 0.29) is 11.7 Å². The number of carbonyl (C=O) groups excluding carboxylic acids is 2. The fraction of sp³-hybridized carbons (Fsp3) is 0.118. The fourth-order valence-corrected chi connectivity index (χ4v) is 2.66. The van der Waals surface area contributed by atoms with Gasteiger partial charge in [0.15, 0.2) is 11.7 Å². The predicted octanol–water partition coefficient (Wildman–Crippen LogP) is 3.12. The van der Waals surface area contributed by atoms with Crippen molar-refractivity contribution in [1.82, 2.24) is 16.2 Å². The summed E-state index contributed by atoms with van der Waals surface area (Å²) in [5.41, 5.74) is 4.70. The molecule has 0 unspecified atom stereocenters. The van der Waals surface area contributed by atoms with Crippen molar-refractivity contribution in [3.63, 3.8) is 0 Å². The fourth-order valence-electron chi connectivity index (χ4n) is 1.78. The van der Waals surface area contributed by atoms with Gasteiger partial charge in [0.2, 0.25) is 5.91 Å². The van der Waals surface area contributed by atoms with E-state index in [0.717, 1.165) is 10.2 Å². The van der Waals surface area contributed by atoms with Crippen molar-refractivity contribution in [2.24, 2.45) is 0 Å². The normalized spacial score (nSPS) is 10.5. The molecule has 1 aromatic heterocycles. The van der Waals surface area contributed by atoms with E-state index in [1.165, 1.54) is 12.2 Å². The smallest absolute Gasteiger partial charge is 0.276 e. The van der Waals surface area contributed by atoms with E-state index >= 15 is 0 Å². The zero-order chi connectivity index (χ0) is 19.8. The van der Waals surface area contributed by atoms with Crippen LogP contribution in [0.5, 0.6) is 5.75 Å². The lowest BCUT2D eigenvalue weighted by Crippen LogP contribution is -2.49. The van der Waals surface area contributed by atoms with Crippen molar-refractivity contribution in [2.45, 2.75) is 6.92 Å². The Hall–Kier alpha value is -2.36. The Morgan fingerprint density at radius 1 is 1.30 bits per heavy atom. The van der Waals surface area contributed by atoms with Gasteiger partial charge < -0.3 is 9.15 Å². The molecule has 27 heavy (non-hydrogen) atoms. The number of benzene rings is 1. The molecule has 0 bridgehead atoms. The maximum atomic E-state index is 11.7. The average molecular weight is 473 g/mol. The number of ether oxygens (including phenoxy) is 1. The molecule has 0 aliphatic carbocycles. The van der Waals surface area contributed by atoms with Crippen LogP contribution in [0.15, 0.2) is 45.3 Å². The summed E-state index contributed by atoms with van der Waals surface area (Å²) in [5, 5.41) is 2.67. The van der Waals surface area contributed by atoms with Crippen LogP contribution in [0.4, 0.5) is 0 Å². The highest BCUT2D eigenvalue weighted by atomic mass is 79.9. The Kier molecular flexibility index (Phi) is 7.83. The summed E-state index contributed by atoms with van der Waals surface area (Å²) in [5.74, 6) is 0.658. The van der Waals surface area contributed by atoms with Crippen molar-refractivity contribution in [2.75, 3.05) is 6.61 Å². The van der Waals surface area contributed by atoms with E-state index in [2.05, 4.69) is 32.1 Å². The molecular weight excluding hydrogens is 458 g/mol. The number of amides is 2. The van der Waals surface area contributed by atoms with Gasteiger partial charge in [-0.05, 0) is 55.5 Å². The van der Waals surface area contributed by atoms with Gasteiger partial charge in [-0.2, -0.15) is 0 Å². The molecule has 7 nitrogen and oxygen atoms in total. The molecule has 1 aromatic carbocycles. The lowest BCUT2D eigenvalue weighted by Gasteiger charge is -2.11. The van der Waals surface area contributed by atoms with Gasteiger partial charge in [0, 0.05) is 10.5 Å². The second-order valence-electron chi connectivity index (χ2n) is 5.14. The summed E-state index contributed by atoms with van der Waals surface area (Å²) in [6.45, 7) is 1.51. The van der Waals surface area contributed by atoms with Crippen LogP contribution in [0.3, 0.4) is 0 Å². The minimum absolute atomic E-state index is 0.0738. The third-order valence-electron chi connectivity index (χ3n) is 2.96. The summed E-state index contributed by atoms with van der Waals surface area (Å²) in [6.07, 6.45) is 2.76. The first-order chi connectivity index (χ1) is 12.8. The number of rotatable bonds is 5. The minimum Gasteiger partial charge on any atom is -0.482 e. The van der Waals surface area contributed by atoms with Gasteiger partial charge in [0.1, 0.15) is 17.3 Å². The molecule has 2 amide bonds. The van der Waals surface area contributed by atoms with Crippen LogP contribution < -0.4 is 20.9 Å². The van der Waals surface area contributed by atoms with Crippen molar-refractivity contribution < 1.29 is 18.7 Å². The standard InChI is InChI=1S/C17H15BrClN3O4S/c1-10-2-4-12(26-10)5-7-15(23)20-17(27)22-21-16(24)9-25-14-6-3-11(18)8-13(14)19/h2-8H,9H2,1H3,(H,21,24)(H2,20,22,23,27)/b7-5+. The molecule has 0 saturated carbocycles.